The number of methoxy groups -OCH3 is 1. The Morgan fingerprint density at radius 3 is 2.73 bits per heavy atom. The van der Waals surface area contributed by atoms with Crippen molar-refractivity contribution in [2.24, 2.45) is 5.41 Å². The van der Waals surface area contributed by atoms with E-state index in [9.17, 15) is 15.0 Å². The van der Waals surface area contributed by atoms with E-state index in [0.29, 0.717) is 18.8 Å². The predicted octanol–water partition coefficient (Wildman–Crippen LogP) is 1.94. The molecule has 1 aromatic rings. The van der Waals surface area contributed by atoms with Crippen molar-refractivity contribution in [3.63, 3.8) is 0 Å². The molecule has 1 aliphatic rings. The number of hydrogen-bond donors (Lipinski definition) is 2. The molecular formula is C17H24NO4. The number of aliphatic hydroxyl groups excluding tert-OH is 1. The van der Waals surface area contributed by atoms with Crippen LogP contribution in [0, 0.1) is 11.8 Å². The molecule has 1 aliphatic heterocycles. The third kappa shape index (κ3) is 2.77. The second-order valence-electron chi connectivity index (χ2n) is 6.17. The fraction of sp³-hybridized carbons (Fsp3) is 0.529. The fourth-order valence-corrected chi connectivity index (χ4v) is 3.20. The molecule has 5 nitrogen and oxygen atoms in total. The van der Waals surface area contributed by atoms with Crippen molar-refractivity contribution in [1.29, 1.82) is 0 Å². The molecule has 1 heterocycles. The Labute approximate surface area is 131 Å². The molecule has 0 aliphatic carbocycles. The lowest BCUT2D eigenvalue weighted by atomic mass is 9.72. The van der Waals surface area contributed by atoms with Gasteiger partial charge in [-0.15, -0.1) is 0 Å². The van der Waals surface area contributed by atoms with Crippen LogP contribution in [0.15, 0.2) is 18.2 Å². The summed E-state index contributed by atoms with van der Waals surface area (Å²) in [6.45, 7) is 6.46. The third-order valence-corrected chi connectivity index (χ3v) is 4.85. The molecule has 1 radical (unpaired) electrons. The van der Waals surface area contributed by atoms with Crippen LogP contribution in [0.1, 0.15) is 32.3 Å². The Kier molecular flexibility index (Phi) is 4.66. The summed E-state index contributed by atoms with van der Waals surface area (Å²) in [5.74, 6) is 0.399. The standard InChI is InChI=1S/C17H24NO4/c1-5-16(21)18-9-13(17(3,10-18)11(2)19)12-6-7-15(22-4)14(20)8-12/h5-8,11,13,19-20H,9-10H2,1-4H3/t11-,13+,17+/m1/s1. The number of carbonyl (C=O) groups excluding carboxylic acids is 1. The number of hydrogen-bond acceptors (Lipinski definition) is 4. The second kappa shape index (κ2) is 6.16. The van der Waals surface area contributed by atoms with Gasteiger partial charge in [0.15, 0.2) is 11.5 Å². The molecule has 0 unspecified atom stereocenters. The van der Waals surface area contributed by atoms with E-state index >= 15 is 0 Å². The maximum Gasteiger partial charge on any atom is 0.226 e. The molecule has 1 saturated heterocycles. The summed E-state index contributed by atoms with van der Waals surface area (Å²) >= 11 is 0. The van der Waals surface area contributed by atoms with Gasteiger partial charge in [-0.25, -0.2) is 0 Å². The summed E-state index contributed by atoms with van der Waals surface area (Å²) in [5.41, 5.74) is 0.438. The van der Waals surface area contributed by atoms with Crippen LogP contribution in [-0.2, 0) is 4.79 Å². The van der Waals surface area contributed by atoms with Crippen molar-refractivity contribution in [1.82, 2.24) is 4.90 Å². The van der Waals surface area contributed by atoms with E-state index in [1.807, 2.05) is 13.0 Å². The van der Waals surface area contributed by atoms with Gasteiger partial charge in [-0.1, -0.05) is 19.9 Å². The van der Waals surface area contributed by atoms with Crippen molar-refractivity contribution < 1.29 is 19.7 Å². The highest BCUT2D eigenvalue weighted by Crippen LogP contribution is 2.46. The Balaban J connectivity index is 2.38. The largest absolute Gasteiger partial charge is 0.504 e. The van der Waals surface area contributed by atoms with E-state index in [1.54, 1.807) is 30.9 Å². The minimum Gasteiger partial charge on any atom is -0.504 e. The predicted molar refractivity (Wildman–Crippen MR) is 83.7 cm³/mol. The van der Waals surface area contributed by atoms with Gasteiger partial charge in [-0.2, -0.15) is 0 Å². The summed E-state index contributed by atoms with van der Waals surface area (Å²) < 4.78 is 5.07. The smallest absolute Gasteiger partial charge is 0.226 e. The number of likely N-dealkylation sites (tertiary alicyclic amines) is 1. The second-order valence-corrected chi connectivity index (χ2v) is 6.17. The average molecular weight is 306 g/mol. The zero-order valence-corrected chi connectivity index (χ0v) is 13.5. The van der Waals surface area contributed by atoms with Gasteiger partial charge in [0.05, 0.1) is 13.2 Å². The number of nitrogens with zero attached hydrogens (tertiary/aromatic N) is 1. The number of benzene rings is 1. The molecule has 5 heteroatoms. The SMILES string of the molecule is C[CH]C(=O)N1C[C@@H](c2ccc(OC)c(O)c2)[C@](C)([C@@H](C)O)C1. The average Bonchev–Trinajstić information content (AvgIpc) is 2.85. The summed E-state index contributed by atoms with van der Waals surface area (Å²) in [5, 5.41) is 20.3. The molecule has 0 spiro atoms. The monoisotopic (exact) mass is 306 g/mol. The van der Waals surface area contributed by atoms with Gasteiger partial charge in [-0.3, -0.25) is 4.79 Å². The molecule has 0 saturated carbocycles. The van der Waals surface area contributed by atoms with Gasteiger partial charge in [0.1, 0.15) is 0 Å². The van der Waals surface area contributed by atoms with Crippen LogP contribution < -0.4 is 4.74 Å². The highest BCUT2D eigenvalue weighted by atomic mass is 16.5. The topological polar surface area (TPSA) is 70.0 Å². The number of phenolic OH excluding ortho intramolecular Hbond substituents is 1. The van der Waals surface area contributed by atoms with Crippen molar-refractivity contribution in [3.8, 4) is 11.5 Å². The Morgan fingerprint density at radius 2 is 2.23 bits per heavy atom. The van der Waals surface area contributed by atoms with Crippen molar-refractivity contribution in [3.05, 3.63) is 30.2 Å². The number of aromatic hydroxyl groups is 1. The van der Waals surface area contributed by atoms with Crippen LogP contribution >= 0.6 is 0 Å². The van der Waals surface area contributed by atoms with Crippen LogP contribution in [0.25, 0.3) is 0 Å². The first-order chi connectivity index (χ1) is 10.3. The van der Waals surface area contributed by atoms with Crippen LogP contribution in [0.3, 0.4) is 0 Å². The minimum absolute atomic E-state index is 0.0351. The van der Waals surface area contributed by atoms with Gasteiger partial charge >= 0.3 is 0 Å². The van der Waals surface area contributed by atoms with Gasteiger partial charge in [0.25, 0.3) is 0 Å². The first-order valence-electron chi connectivity index (χ1n) is 7.46. The molecule has 22 heavy (non-hydrogen) atoms. The Bertz CT molecular complexity index is 558. The number of amides is 1. The Hall–Kier alpha value is -1.75. The van der Waals surface area contributed by atoms with E-state index in [2.05, 4.69) is 0 Å². The molecule has 121 valence electrons. The fourth-order valence-electron chi connectivity index (χ4n) is 3.20. The molecule has 1 fully saturated rings. The molecule has 1 aromatic carbocycles. The normalized spacial score (nSPS) is 26.0. The number of rotatable bonds is 4. The third-order valence-electron chi connectivity index (χ3n) is 4.85. The zero-order chi connectivity index (χ0) is 16.5. The molecular weight excluding hydrogens is 282 g/mol. The lowest BCUT2D eigenvalue weighted by molar-refractivity contribution is -0.127. The highest BCUT2D eigenvalue weighted by molar-refractivity contribution is 5.84. The molecule has 2 N–H and O–H groups in total. The highest BCUT2D eigenvalue weighted by Gasteiger charge is 2.48. The van der Waals surface area contributed by atoms with Gasteiger partial charge in [0, 0.05) is 30.8 Å². The van der Waals surface area contributed by atoms with E-state index in [4.69, 9.17) is 4.74 Å². The summed E-state index contributed by atoms with van der Waals surface area (Å²) in [6, 6.07) is 5.25. The number of aliphatic hydroxyl groups is 1. The van der Waals surface area contributed by atoms with E-state index in [1.165, 1.54) is 13.5 Å². The molecule has 0 bridgehead atoms. The van der Waals surface area contributed by atoms with Crippen molar-refractivity contribution in [2.45, 2.75) is 32.8 Å². The van der Waals surface area contributed by atoms with Gasteiger partial charge in [-0.05, 0) is 24.6 Å². The zero-order valence-electron chi connectivity index (χ0n) is 13.5. The Morgan fingerprint density at radius 1 is 1.55 bits per heavy atom. The summed E-state index contributed by atoms with van der Waals surface area (Å²) in [4.78, 5) is 13.7. The number of carbonyl (C=O) groups is 1. The molecule has 3 atom stereocenters. The minimum atomic E-state index is -0.573. The molecule has 1 amide bonds. The van der Waals surface area contributed by atoms with Crippen LogP contribution in [0.5, 0.6) is 11.5 Å². The van der Waals surface area contributed by atoms with E-state index in [0.717, 1.165) is 5.56 Å². The number of ether oxygens (including phenoxy) is 1. The van der Waals surface area contributed by atoms with Crippen molar-refractivity contribution in [2.75, 3.05) is 20.2 Å². The first kappa shape index (κ1) is 16.6. The molecule has 0 aromatic heterocycles. The lowest BCUT2D eigenvalue weighted by Crippen LogP contribution is -2.38. The molecule has 2 rings (SSSR count). The van der Waals surface area contributed by atoms with Gasteiger partial charge < -0.3 is 19.8 Å². The summed E-state index contributed by atoms with van der Waals surface area (Å²) in [6.07, 6.45) is 0.965. The number of phenols is 1. The quantitative estimate of drug-likeness (QED) is 0.892. The van der Waals surface area contributed by atoms with Gasteiger partial charge in [0.2, 0.25) is 5.91 Å². The maximum absolute atomic E-state index is 12.0. The summed E-state index contributed by atoms with van der Waals surface area (Å²) in [7, 11) is 1.50. The van der Waals surface area contributed by atoms with Crippen LogP contribution in [0.2, 0.25) is 0 Å². The maximum atomic E-state index is 12.0. The van der Waals surface area contributed by atoms with E-state index in [-0.39, 0.29) is 17.6 Å². The van der Waals surface area contributed by atoms with Crippen LogP contribution in [0.4, 0.5) is 0 Å². The van der Waals surface area contributed by atoms with Crippen LogP contribution in [-0.4, -0.2) is 47.3 Å². The lowest BCUT2D eigenvalue weighted by Gasteiger charge is -2.33. The van der Waals surface area contributed by atoms with Crippen molar-refractivity contribution >= 4 is 5.91 Å². The first-order valence-corrected chi connectivity index (χ1v) is 7.46. The van der Waals surface area contributed by atoms with E-state index < -0.39 is 11.5 Å².